The normalized spacial score (nSPS) is 19.0. The van der Waals surface area contributed by atoms with Gasteiger partial charge in [0.05, 0.1) is 13.2 Å². The summed E-state index contributed by atoms with van der Waals surface area (Å²) in [6, 6.07) is 4.75. The summed E-state index contributed by atoms with van der Waals surface area (Å²) in [4.78, 5) is 48.0. The van der Waals surface area contributed by atoms with E-state index in [1.54, 1.807) is 12.1 Å². The van der Waals surface area contributed by atoms with Gasteiger partial charge in [-0.2, -0.15) is 0 Å². The predicted molar refractivity (Wildman–Crippen MR) is 97.1 cm³/mol. The molecule has 7 heteroatoms. The fraction of sp³-hybridized carbons (Fsp3) is 0.500. The first-order valence-corrected chi connectivity index (χ1v) is 9.45. The summed E-state index contributed by atoms with van der Waals surface area (Å²) in [5.74, 6) is -0.231. The summed E-state index contributed by atoms with van der Waals surface area (Å²) in [6.45, 7) is 0.861. The van der Waals surface area contributed by atoms with Crippen LogP contribution in [0.3, 0.4) is 0 Å². The topological polar surface area (TPSA) is 92.8 Å². The van der Waals surface area contributed by atoms with Crippen molar-refractivity contribution in [3.8, 4) is 5.75 Å². The number of rotatable bonds is 9. The molecule has 1 atom stereocenters. The number of hydrogen-bond donors (Lipinski definition) is 1. The number of unbranched alkanes of at least 4 members (excludes halogenated alkanes) is 4. The molecule has 2 heterocycles. The summed E-state index contributed by atoms with van der Waals surface area (Å²) < 4.78 is 5.88. The van der Waals surface area contributed by atoms with Crippen LogP contribution >= 0.6 is 0 Å². The Balaban J connectivity index is 1.59. The lowest BCUT2D eigenvalue weighted by Crippen LogP contribution is -2.52. The van der Waals surface area contributed by atoms with Gasteiger partial charge in [0.1, 0.15) is 18.1 Å². The second-order valence-electron chi connectivity index (χ2n) is 6.90. The van der Waals surface area contributed by atoms with Crippen LogP contribution in [0.1, 0.15) is 60.9 Å². The van der Waals surface area contributed by atoms with Crippen LogP contribution in [0.15, 0.2) is 18.2 Å². The molecule has 0 aromatic heterocycles. The number of ether oxygens (including phenoxy) is 1. The highest BCUT2D eigenvalue weighted by Gasteiger charge is 2.40. The number of fused-ring (bicyclic) bond motifs is 1. The summed E-state index contributed by atoms with van der Waals surface area (Å²) in [5.41, 5.74) is 1.36. The Hall–Kier alpha value is -2.70. The molecule has 2 aliphatic heterocycles. The predicted octanol–water partition coefficient (Wildman–Crippen LogP) is 1.98. The summed E-state index contributed by atoms with van der Waals surface area (Å²) >= 11 is 0. The van der Waals surface area contributed by atoms with Crippen molar-refractivity contribution < 1.29 is 23.9 Å². The quantitative estimate of drug-likeness (QED) is 0.406. The molecule has 1 aromatic carbocycles. The van der Waals surface area contributed by atoms with Crippen LogP contribution in [-0.4, -0.2) is 41.6 Å². The average Bonchev–Trinajstić information content (AvgIpc) is 2.98. The Morgan fingerprint density at radius 3 is 2.74 bits per heavy atom. The van der Waals surface area contributed by atoms with Crippen molar-refractivity contribution >= 4 is 24.0 Å². The molecule has 1 unspecified atom stereocenters. The van der Waals surface area contributed by atoms with Crippen LogP contribution in [0.4, 0.5) is 0 Å². The van der Waals surface area contributed by atoms with E-state index < -0.39 is 11.9 Å². The molecule has 0 saturated carbocycles. The van der Waals surface area contributed by atoms with Gasteiger partial charge in [-0.25, -0.2) is 0 Å². The standard InChI is InChI=1S/C20H24N2O5/c23-11-4-2-1-3-5-12-27-17-8-6-7-14-15(17)13-22(20(14)26)16-9-10-18(24)21-19(16)25/h6-8,11,16H,1-5,9-10,12-13H2,(H,21,24,25). The SMILES string of the molecule is O=CCCCCCCOc1cccc2c1CN(C1CCC(=O)NC1=O)C2=O. The lowest BCUT2D eigenvalue weighted by atomic mass is 10.0. The maximum atomic E-state index is 12.7. The number of piperidine rings is 1. The summed E-state index contributed by atoms with van der Waals surface area (Å²) in [5, 5.41) is 2.31. The molecule has 1 saturated heterocycles. The van der Waals surface area contributed by atoms with E-state index in [-0.39, 0.29) is 18.2 Å². The molecule has 3 amide bonds. The van der Waals surface area contributed by atoms with Crippen LogP contribution in [0.2, 0.25) is 0 Å². The largest absolute Gasteiger partial charge is 0.493 e. The number of carbonyl (C=O) groups is 4. The third-order valence-corrected chi connectivity index (χ3v) is 5.01. The van der Waals surface area contributed by atoms with Gasteiger partial charge in [0.15, 0.2) is 0 Å². The van der Waals surface area contributed by atoms with Gasteiger partial charge in [0, 0.05) is 24.0 Å². The zero-order valence-electron chi connectivity index (χ0n) is 15.2. The van der Waals surface area contributed by atoms with E-state index in [0.717, 1.165) is 37.5 Å². The minimum absolute atomic E-state index is 0.196. The van der Waals surface area contributed by atoms with Crippen molar-refractivity contribution in [1.82, 2.24) is 10.2 Å². The van der Waals surface area contributed by atoms with E-state index in [1.165, 1.54) is 4.90 Å². The van der Waals surface area contributed by atoms with Crippen molar-refractivity contribution in [2.75, 3.05) is 6.61 Å². The molecule has 1 N–H and O–H groups in total. The lowest BCUT2D eigenvalue weighted by molar-refractivity contribution is -0.136. The third kappa shape index (κ3) is 4.35. The Bertz CT molecular complexity index is 746. The molecule has 2 aliphatic rings. The molecule has 0 radical (unpaired) electrons. The number of benzene rings is 1. The van der Waals surface area contributed by atoms with Gasteiger partial charge in [0.2, 0.25) is 11.8 Å². The van der Waals surface area contributed by atoms with Gasteiger partial charge in [-0.15, -0.1) is 0 Å². The second kappa shape index (κ2) is 8.79. The zero-order chi connectivity index (χ0) is 19.2. The number of hydrogen-bond acceptors (Lipinski definition) is 5. The van der Waals surface area contributed by atoms with Crippen molar-refractivity contribution in [1.29, 1.82) is 0 Å². The van der Waals surface area contributed by atoms with Crippen molar-refractivity contribution in [3.05, 3.63) is 29.3 Å². The van der Waals surface area contributed by atoms with E-state index >= 15 is 0 Å². The van der Waals surface area contributed by atoms with E-state index in [2.05, 4.69) is 5.32 Å². The van der Waals surface area contributed by atoms with Crippen molar-refractivity contribution in [2.24, 2.45) is 0 Å². The van der Waals surface area contributed by atoms with Gasteiger partial charge in [-0.3, -0.25) is 19.7 Å². The molecule has 7 nitrogen and oxygen atoms in total. The first-order chi connectivity index (χ1) is 13.1. The van der Waals surface area contributed by atoms with E-state index in [1.807, 2.05) is 6.07 Å². The Kier molecular flexibility index (Phi) is 6.21. The average molecular weight is 372 g/mol. The number of aldehydes is 1. The van der Waals surface area contributed by atoms with Gasteiger partial charge in [0.25, 0.3) is 5.91 Å². The smallest absolute Gasteiger partial charge is 0.255 e. The van der Waals surface area contributed by atoms with Gasteiger partial charge in [-0.1, -0.05) is 18.9 Å². The summed E-state index contributed by atoms with van der Waals surface area (Å²) in [6.07, 6.45) is 5.90. The minimum Gasteiger partial charge on any atom is -0.493 e. The van der Waals surface area contributed by atoms with Crippen LogP contribution in [0.5, 0.6) is 5.75 Å². The first kappa shape index (κ1) is 19.1. The Morgan fingerprint density at radius 2 is 1.96 bits per heavy atom. The molecule has 144 valence electrons. The summed E-state index contributed by atoms with van der Waals surface area (Å²) in [7, 11) is 0. The first-order valence-electron chi connectivity index (χ1n) is 9.45. The van der Waals surface area contributed by atoms with Gasteiger partial charge >= 0.3 is 0 Å². The lowest BCUT2D eigenvalue weighted by Gasteiger charge is -2.29. The molecular formula is C20H24N2O5. The molecule has 0 bridgehead atoms. The Morgan fingerprint density at radius 1 is 1.15 bits per heavy atom. The fourth-order valence-electron chi connectivity index (χ4n) is 3.56. The van der Waals surface area contributed by atoms with Gasteiger partial charge < -0.3 is 14.4 Å². The minimum atomic E-state index is -0.617. The highest BCUT2D eigenvalue weighted by molar-refractivity contribution is 6.05. The molecule has 0 aliphatic carbocycles. The van der Waals surface area contributed by atoms with E-state index in [9.17, 15) is 19.2 Å². The molecular weight excluding hydrogens is 348 g/mol. The van der Waals surface area contributed by atoms with Crippen LogP contribution in [-0.2, 0) is 20.9 Å². The van der Waals surface area contributed by atoms with Crippen molar-refractivity contribution in [2.45, 2.75) is 57.5 Å². The number of amides is 3. The Labute approximate surface area is 158 Å². The molecule has 1 fully saturated rings. The van der Waals surface area contributed by atoms with Crippen LogP contribution < -0.4 is 10.1 Å². The molecule has 1 aromatic rings. The third-order valence-electron chi connectivity index (χ3n) is 5.01. The molecule has 3 rings (SSSR count). The van der Waals surface area contributed by atoms with Crippen molar-refractivity contribution in [3.63, 3.8) is 0 Å². The number of nitrogens with one attached hydrogen (secondary N) is 1. The zero-order valence-corrected chi connectivity index (χ0v) is 15.2. The van der Waals surface area contributed by atoms with E-state index in [4.69, 9.17) is 4.74 Å². The fourth-order valence-corrected chi connectivity index (χ4v) is 3.56. The monoisotopic (exact) mass is 372 g/mol. The number of nitrogens with zero attached hydrogens (tertiary/aromatic N) is 1. The highest BCUT2D eigenvalue weighted by atomic mass is 16.5. The van der Waals surface area contributed by atoms with E-state index in [0.29, 0.717) is 37.3 Å². The van der Waals surface area contributed by atoms with Crippen LogP contribution in [0.25, 0.3) is 0 Å². The maximum absolute atomic E-state index is 12.7. The number of imide groups is 1. The molecule has 27 heavy (non-hydrogen) atoms. The highest BCUT2D eigenvalue weighted by Crippen LogP contribution is 2.33. The second-order valence-corrected chi connectivity index (χ2v) is 6.90. The number of carbonyl (C=O) groups excluding carboxylic acids is 4. The van der Waals surface area contributed by atoms with Gasteiger partial charge in [-0.05, 0) is 31.4 Å². The molecule has 0 spiro atoms. The maximum Gasteiger partial charge on any atom is 0.255 e. The van der Waals surface area contributed by atoms with Crippen LogP contribution in [0, 0.1) is 0 Å².